The predicted molar refractivity (Wildman–Crippen MR) is 121 cm³/mol. The van der Waals surface area contributed by atoms with Crippen molar-refractivity contribution in [1.82, 2.24) is 15.0 Å². The van der Waals surface area contributed by atoms with Crippen molar-refractivity contribution in [3.8, 4) is 0 Å². The second-order valence-electron chi connectivity index (χ2n) is 7.83. The largest absolute Gasteiger partial charge is 0.507 e. The Morgan fingerprint density at radius 1 is 1.03 bits per heavy atom. The van der Waals surface area contributed by atoms with E-state index in [-0.39, 0.29) is 17.3 Å². The molecule has 7 heteroatoms. The second-order valence-corrected chi connectivity index (χ2v) is 7.83. The average molecular weight is 424 g/mol. The van der Waals surface area contributed by atoms with Gasteiger partial charge in [-0.1, -0.05) is 30.3 Å². The summed E-state index contributed by atoms with van der Waals surface area (Å²) in [6.07, 6.45) is 3.19. The zero-order chi connectivity index (χ0) is 22.4. The quantitative estimate of drug-likeness (QED) is 0.292. The number of amides is 1. The van der Waals surface area contributed by atoms with Crippen LogP contribution in [0.15, 0.2) is 72.6 Å². The van der Waals surface area contributed by atoms with Gasteiger partial charge in [-0.05, 0) is 54.8 Å². The van der Waals surface area contributed by atoms with Gasteiger partial charge in [-0.3, -0.25) is 19.5 Å². The molecule has 2 aromatic carbocycles. The van der Waals surface area contributed by atoms with Crippen molar-refractivity contribution in [3.05, 3.63) is 94.8 Å². The first kappa shape index (κ1) is 19.7. The molecular formula is C25H20N4O3. The lowest BCUT2D eigenvalue weighted by Crippen LogP contribution is -2.30. The summed E-state index contributed by atoms with van der Waals surface area (Å²) >= 11 is 0. The molecule has 1 atom stereocenters. The fraction of sp³-hybridized carbons (Fsp3) is 0.120. The second kappa shape index (κ2) is 7.46. The number of aromatic amines is 1. The third-order valence-electron chi connectivity index (χ3n) is 5.83. The minimum absolute atomic E-state index is 0.00621. The molecule has 1 aliphatic heterocycles. The number of ketones is 1. The number of hydrogen-bond donors (Lipinski definition) is 2. The zero-order valence-corrected chi connectivity index (χ0v) is 17.5. The maximum absolute atomic E-state index is 13.2. The minimum Gasteiger partial charge on any atom is -0.507 e. The van der Waals surface area contributed by atoms with Gasteiger partial charge < -0.3 is 10.1 Å². The van der Waals surface area contributed by atoms with Crippen LogP contribution in [0.2, 0.25) is 0 Å². The topological polar surface area (TPSA) is 99.2 Å². The number of pyridine rings is 1. The first-order valence-corrected chi connectivity index (χ1v) is 10.2. The molecule has 0 bridgehead atoms. The molecule has 1 aliphatic rings. The molecule has 3 heterocycles. The lowest BCUT2D eigenvalue weighted by molar-refractivity contribution is -0.132. The third-order valence-corrected chi connectivity index (χ3v) is 5.83. The molecule has 32 heavy (non-hydrogen) atoms. The molecule has 7 nitrogen and oxygen atoms in total. The number of carbonyl (C=O) groups is 2. The van der Waals surface area contributed by atoms with Crippen LogP contribution in [-0.4, -0.2) is 31.7 Å². The molecule has 0 aliphatic carbocycles. The highest BCUT2D eigenvalue weighted by Crippen LogP contribution is 2.41. The van der Waals surface area contributed by atoms with Gasteiger partial charge in [0, 0.05) is 18.0 Å². The highest BCUT2D eigenvalue weighted by Gasteiger charge is 2.48. The summed E-state index contributed by atoms with van der Waals surface area (Å²) in [6, 6.07) is 15.4. The third kappa shape index (κ3) is 3.06. The molecule has 158 valence electrons. The van der Waals surface area contributed by atoms with E-state index in [0.717, 1.165) is 16.6 Å². The molecule has 4 aromatic rings. The number of hydrogen-bond acceptors (Lipinski definition) is 5. The molecule has 1 unspecified atom stereocenters. The standard InChI is InChI=1S/C25H20N4O3/c1-14-9-10-16(12-15(14)2)22(30)20-21(17-6-5-11-26-13-17)29(24(32)23(20)31)25-27-18-7-3-4-8-19(18)28-25/h3-13,21,30H,1-2H3,(H,27,28)/b22-20+. The Balaban J connectivity index is 1.73. The number of nitrogens with zero attached hydrogens (tertiary/aromatic N) is 3. The molecule has 0 saturated carbocycles. The van der Waals surface area contributed by atoms with E-state index in [4.69, 9.17) is 0 Å². The highest BCUT2D eigenvalue weighted by molar-refractivity contribution is 6.51. The number of aliphatic hydroxyl groups is 1. The summed E-state index contributed by atoms with van der Waals surface area (Å²) < 4.78 is 0. The van der Waals surface area contributed by atoms with E-state index in [9.17, 15) is 14.7 Å². The lowest BCUT2D eigenvalue weighted by atomic mass is 9.95. The normalized spacial score (nSPS) is 17.9. The van der Waals surface area contributed by atoms with Crippen molar-refractivity contribution in [2.45, 2.75) is 19.9 Å². The number of aryl methyl sites for hydroxylation is 2. The predicted octanol–water partition coefficient (Wildman–Crippen LogP) is 4.20. The maximum Gasteiger partial charge on any atom is 0.302 e. The number of aliphatic hydroxyl groups excluding tert-OH is 1. The molecule has 5 rings (SSSR count). The van der Waals surface area contributed by atoms with Crippen LogP contribution in [0.25, 0.3) is 16.8 Å². The van der Waals surface area contributed by atoms with Crippen molar-refractivity contribution in [1.29, 1.82) is 0 Å². The van der Waals surface area contributed by atoms with Crippen molar-refractivity contribution in [2.75, 3.05) is 4.90 Å². The summed E-state index contributed by atoms with van der Waals surface area (Å²) in [6.45, 7) is 3.90. The van der Waals surface area contributed by atoms with Crippen LogP contribution < -0.4 is 4.90 Å². The Morgan fingerprint density at radius 2 is 1.84 bits per heavy atom. The van der Waals surface area contributed by atoms with Crippen molar-refractivity contribution < 1.29 is 14.7 Å². The highest BCUT2D eigenvalue weighted by atomic mass is 16.3. The number of H-pyrrole nitrogens is 1. The number of para-hydroxylation sites is 2. The van der Waals surface area contributed by atoms with Crippen LogP contribution in [-0.2, 0) is 9.59 Å². The number of Topliss-reactive ketones (excluding diaryl/α,β-unsaturated/α-hetero) is 1. The van der Waals surface area contributed by atoms with E-state index < -0.39 is 17.7 Å². The van der Waals surface area contributed by atoms with Gasteiger partial charge in [-0.25, -0.2) is 4.98 Å². The molecule has 2 N–H and O–H groups in total. The Kier molecular flexibility index (Phi) is 4.59. The molecule has 2 aromatic heterocycles. The summed E-state index contributed by atoms with van der Waals surface area (Å²) in [4.78, 5) is 39.5. The number of carbonyl (C=O) groups excluding carboxylic acids is 2. The molecular weight excluding hydrogens is 404 g/mol. The van der Waals surface area contributed by atoms with Gasteiger partial charge in [0.15, 0.2) is 0 Å². The van der Waals surface area contributed by atoms with Gasteiger partial charge in [0.25, 0.3) is 5.78 Å². The monoisotopic (exact) mass is 424 g/mol. The molecule has 1 amide bonds. The van der Waals surface area contributed by atoms with Crippen molar-refractivity contribution >= 4 is 34.4 Å². The van der Waals surface area contributed by atoms with E-state index >= 15 is 0 Å². The van der Waals surface area contributed by atoms with Crippen LogP contribution in [0.4, 0.5) is 5.95 Å². The van der Waals surface area contributed by atoms with Crippen LogP contribution in [0, 0.1) is 13.8 Å². The van der Waals surface area contributed by atoms with Gasteiger partial charge in [0.05, 0.1) is 22.6 Å². The number of rotatable bonds is 3. The molecule has 0 radical (unpaired) electrons. The van der Waals surface area contributed by atoms with E-state index in [2.05, 4.69) is 15.0 Å². The fourth-order valence-corrected chi connectivity index (χ4v) is 4.00. The molecule has 1 fully saturated rings. The maximum atomic E-state index is 13.2. The van der Waals surface area contributed by atoms with Crippen LogP contribution in [0.3, 0.4) is 0 Å². The summed E-state index contributed by atoms with van der Waals surface area (Å²) in [5.74, 6) is -1.52. The zero-order valence-electron chi connectivity index (χ0n) is 17.5. The van der Waals surface area contributed by atoms with E-state index in [0.29, 0.717) is 16.6 Å². The van der Waals surface area contributed by atoms with Gasteiger partial charge >= 0.3 is 5.91 Å². The summed E-state index contributed by atoms with van der Waals surface area (Å²) in [7, 11) is 0. The van der Waals surface area contributed by atoms with Gasteiger partial charge in [-0.2, -0.15) is 0 Å². The Hall–Kier alpha value is -4.26. The van der Waals surface area contributed by atoms with E-state index in [1.807, 2.05) is 44.2 Å². The van der Waals surface area contributed by atoms with Gasteiger partial charge in [-0.15, -0.1) is 0 Å². The smallest absolute Gasteiger partial charge is 0.302 e. The van der Waals surface area contributed by atoms with Gasteiger partial charge in [0.2, 0.25) is 5.95 Å². The Bertz CT molecular complexity index is 1370. The van der Waals surface area contributed by atoms with Crippen molar-refractivity contribution in [2.24, 2.45) is 0 Å². The number of benzene rings is 2. The first-order chi connectivity index (χ1) is 15.5. The molecule has 0 spiro atoms. The average Bonchev–Trinajstić information content (AvgIpc) is 3.34. The van der Waals surface area contributed by atoms with E-state index in [1.54, 1.807) is 36.7 Å². The van der Waals surface area contributed by atoms with Crippen LogP contribution in [0.5, 0.6) is 0 Å². The minimum atomic E-state index is -0.870. The Labute approximate surface area is 184 Å². The SMILES string of the molecule is Cc1ccc(/C(O)=C2\C(=O)C(=O)N(c3nc4ccccc4[nH]3)C2c2cccnc2)cc1C. The van der Waals surface area contributed by atoms with Crippen molar-refractivity contribution in [3.63, 3.8) is 0 Å². The summed E-state index contributed by atoms with van der Waals surface area (Å²) in [5, 5.41) is 11.2. The fourth-order valence-electron chi connectivity index (χ4n) is 4.00. The number of anilines is 1. The van der Waals surface area contributed by atoms with E-state index in [1.165, 1.54) is 4.90 Å². The number of imidazole rings is 1. The van der Waals surface area contributed by atoms with Crippen LogP contribution in [0.1, 0.15) is 28.3 Å². The van der Waals surface area contributed by atoms with Crippen LogP contribution >= 0.6 is 0 Å². The number of nitrogens with one attached hydrogen (secondary N) is 1. The lowest BCUT2D eigenvalue weighted by Gasteiger charge is -2.22. The number of aromatic nitrogens is 3. The number of fused-ring (bicyclic) bond motifs is 1. The Morgan fingerprint density at radius 3 is 2.56 bits per heavy atom. The van der Waals surface area contributed by atoms with Gasteiger partial charge in [0.1, 0.15) is 5.76 Å². The molecule has 1 saturated heterocycles. The first-order valence-electron chi connectivity index (χ1n) is 10.2. The summed E-state index contributed by atoms with van der Waals surface area (Å²) in [5.41, 5.74) is 4.52.